The van der Waals surface area contributed by atoms with E-state index in [2.05, 4.69) is 25.8 Å². The van der Waals surface area contributed by atoms with Crippen molar-refractivity contribution in [2.24, 2.45) is 7.05 Å². The molecule has 0 radical (unpaired) electrons. The Bertz CT molecular complexity index is 817. The van der Waals surface area contributed by atoms with Crippen LogP contribution in [-0.2, 0) is 17.1 Å². The van der Waals surface area contributed by atoms with Crippen LogP contribution in [-0.4, -0.2) is 18.2 Å². The third-order valence-corrected chi connectivity index (χ3v) is 5.39. The van der Waals surface area contributed by atoms with Crippen LogP contribution in [0.2, 0.25) is 0 Å². The number of benzene rings is 1. The second-order valence-electron chi connectivity index (χ2n) is 4.58. The van der Waals surface area contributed by atoms with Crippen molar-refractivity contribution in [3.8, 4) is 0 Å². The molecule has 0 spiro atoms. The average molecular weight is 377 g/mol. The largest absolute Gasteiger partial charge is 0.396 e. The Hall–Kier alpha value is -1.61. The fourth-order valence-corrected chi connectivity index (χ4v) is 4.09. The quantitative estimate of drug-likeness (QED) is 0.804. The molecule has 21 heavy (non-hydrogen) atoms. The Labute approximate surface area is 130 Å². The molecule has 0 atom stereocenters. The van der Waals surface area contributed by atoms with Gasteiger partial charge in [-0.3, -0.25) is 9.40 Å². The average Bonchev–Trinajstić information content (AvgIpc) is 2.60. The molecule has 0 aliphatic rings. The zero-order valence-electron chi connectivity index (χ0n) is 11.6. The van der Waals surface area contributed by atoms with Crippen molar-refractivity contribution in [2.75, 3.05) is 10.5 Å². The van der Waals surface area contributed by atoms with Crippen LogP contribution in [0.3, 0.4) is 0 Å². The molecular weight excluding hydrogens is 363 g/mol. The molecule has 1 heterocycles. The standard InChI is InChI=1S/C12H14BrFN4O2S/c1-6-12(7(2)18(3)16-6)17-21(19,20)11-5-10(15)9(14)4-8(11)13/h4-5,17H,15H2,1-3H3. The van der Waals surface area contributed by atoms with E-state index in [1.54, 1.807) is 25.6 Å². The molecule has 9 heteroatoms. The molecule has 0 saturated heterocycles. The van der Waals surface area contributed by atoms with E-state index >= 15 is 0 Å². The molecule has 2 aromatic rings. The summed E-state index contributed by atoms with van der Waals surface area (Å²) in [5.41, 5.74) is 6.81. The lowest BCUT2D eigenvalue weighted by Crippen LogP contribution is -2.15. The van der Waals surface area contributed by atoms with Gasteiger partial charge in [-0.25, -0.2) is 12.8 Å². The van der Waals surface area contributed by atoms with Crippen molar-refractivity contribution >= 4 is 37.3 Å². The summed E-state index contributed by atoms with van der Waals surface area (Å²) in [6, 6.07) is 2.09. The third-order valence-electron chi connectivity index (χ3n) is 3.09. The van der Waals surface area contributed by atoms with Gasteiger partial charge in [0, 0.05) is 11.5 Å². The van der Waals surface area contributed by atoms with E-state index in [1.165, 1.54) is 0 Å². The molecule has 0 aliphatic heterocycles. The number of hydrogen-bond donors (Lipinski definition) is 2. The Kier molecular flexibility index (Phi) is 3.98. The van der Waals surface area contributed by atoms with Crippen molar-refractivity contribution in [2.45, 2.75) is 18.7 Å². The number of hydrogen-bond acceptors (Lipinski definition) is 4. The highest BCUT2D eigenvalue weighted by molar-refractivity contribution is 9.10. The van der Waals surface area contributed by atoms with E-state index in [4.69, 9.17) is 5.73 Å². The Morgan fingerprint density at radius 2 is 2.00 bits per heavy atom. The number of aryl methyl sites for hydroxylation is 2. The van der Waals surface area contributed by atoms with E-state index in [1.807, 2.05) is 0 Å². The van der Waals surface area contributed by atoms with Crippen LogP contribution in [0.4, 0.5) is 15.8 Å². The number of nitrogen functional groups attached to an aromatic ring is 1. The monoisotopic (exact) mass is 376 g/mol. The van der Waals surface area contributed by atoms with Gasteiger partial charge in [0.1, 0.15) is 10.7 Å². The SMILES string of the molecule is Cc1nn(C)c(C)c1NS(=O)(=O)c1cc(N)c(F)cc1Br. The van der Waals surface area contributed by atoms with Crippen molar-refractivity contribution in [3.05, 3.63) is 33.8 Å². The van der Waals surface area contributed by atoms with Gasteiger partial charge < -0.3 is 5.73 Å². The van der Waals surface area contributed by atoms with Gasteiger partial charge in [0.25, 0.3) is 10.0 Å². The van der Waals surface area contributed by atoms with Crippen molar-refractivity contribution in [1.29, 1.82) is 0 Å². The summed E-state index contributed by atoms with van der Waals surface area (Å²) >= 11 is 3.04. The summed E-state index contributed by atoms with van der Waals surface area (Å²) in [4.78, 5) is -0.135. The minimum atomic E-state index is -3.91. The molecule has 0 fully saturated rings. The van der Waals surface area contributed by atoms with Gasteiger partial charge in [0.05, 0.1) is 22.8 Å². The highest BCUT2D eigenvalue weighted by Gasteiger charge is 2.23. The number of nitrogens with zero attached hydrogens (tertiary/aromatic N) is 2. The second kappa shape index (κ2) is 5.30. The van der Waals surface area contributed by atoms with Crippen LogP contribution in [0.25, 0.3) is 0 Å². The molecule has 6 nitrogen and oxygen atoms in total. The van der Waals surface area contributed by atoms with Crippen molar-refractivity contribution < 1.29 is 12.8 Å². The van der Waals surface area contributed by atoms with E-state index in [0.29, 0.717) is 17.1 Å². The zero-order valence-corrected chi connectivity index (χ0v) is 14.0. The molecule has 1 aromatic heterocycles. The number of rotatable bonds is 3. The number of sulfonamides is 1. The molecule has 2 rings (SSSR count). The van der Waals surface area contributed by atoms with Gasteiger partial charge in [0.2, 0.25) is 0 Å². The first-order valence-electron chi connectivity index (χ1n) is 5.91. The van der Waals surface area contributed by atoms with Gasteiger partial charge in [-0.2, -0.15) is 5.10 Å². The summed E-state index contributed by atoms with van der Waals surface area (Å²) in [5, 5.41) is 4.14. The van der Waals surface area contributed by atoms with E-state index in [-0.39, 0.29) is 15.1 Å². The lowest BCUT2D eigenvalue weighted by Gasteiger charge is -2.11. The second-order valence-corrected chi connectivity index (χ2v) is 7.08. The third kappa shape index (κ3) is 2.88. The summed E-state index contributed by atoms with van der Waals surface area (Å²) in [5.74, 6) is -0.686. The minimum absolute atomic E-state index is 0.0981. The normalized spacial score (nSPS) is 11.7. The first-order valence-corrected chi connectivity index (χ1v) is 8.18. The van der Waals surface area contributed by atoms with Gasteiger partial charge in [-0.1, -0.05) is 0 Å². The van der Waals surface area contributed by atoms with Crippen LogP contribution in [0, 0.1) is 19.7 Å². The number of nitrogens with one attached hydrogen (secondary N) is 1. The Morgan fingerprint density at radius 1 is 1.38 bits per heavy atom. The van der Waals surface area contributed by atoms with Gasteiger partial charge in [-0.05, 0) is 41.9 Å². The number of aromatic nitrogens is 2. The van der Waals surface area contributed by atoms with Crippen LogP contribution in [0.1, 0.15) is 11.4 Å². The molecule has 0 aliphatic carbocycles. The molecule has 1 aromatic carbocycles. The smallest absolute Gasteiger partial charge is 0.263 e. The molecule has 0 unspecified atom stereocenters. The number of nitrogens with two attached hydrogens (primary N) is 1. The highest BCUT2D eigenvalue weighted by atomic mass is 79.9. The predicted molar refractivity (Wildman–Crippen MR) is 82.0 cm³/mol. The van der Waals surface area contributed by atoms with Crippen LogP contribution in [0.5, 0.6) is 0 Å². The highest BCUT2D eigenvalue weighted by Crippen LogP contribution is 2.29. The lowest BCUT2D eigenvalue weighted by atomic mass is 10.3. The van der Waals surface area contributed by atoms with Gasteiger partial charge >= 0.3 is 0 Å². The fraction of sp³-hybridized carbons (Fsp3) is 0.250. The maximum Gasteiger partial charge on any atom is 0.263 e. The molecule has 3 N–H and O–H groups in total. The Balaban J connectivity index is 2.51. The van der Waals surface area contributed by atoms with Gasteiger partial charge in [-0.15, -0.1) is 0 Å². The van der Waals surface area contributed by atoms with Crippen LogP contribution < -0.4 is 10.5 Å². The minimum Gasteiger partial charge on any atom is -0.396 e. The summed E-state index contributed by atoms with van der Waals surface area (Å²) < 4.78 is 42.3. The van der Waals surface area contributed by atoms with E-state index in [9.17, 15) is 12.8 Å². The Morgan fingerprint density at radius 3 is 2.52 bits per heavy atom. The topological polar surface area (TPSA) is 90.0 Å². The van der Waals surface area contributed by atoms with Crippen molar-refractivity contribution in [3.63, 3.8) is 0 Å². The molecular formula is C12H14BrFN4O2S. The number of anilines is 2. The van der Waals surface area contributed by atoms with Gasteiger partial charge in [0.15, 0.2) is 0 Å². The predicted octanol–water partition coefficient (Wildman–Crippen LogP) is 2.32. The van der Waals surface area contributed by atoms with Crippen LogP contribution in [0.15, 0.2) is 21.5 Å². The first kappa shape index (κ1) is 15.8. The molecule has 114 valence electrons. The van der Waals surface area contributed by atoms with E-state index in [0.717, 1.165) is 12.1 Å². The fourth-order valence-electron chi connectivity index (χ4n) is 1.86. The number of halogens is 2. The van der Waals surface area contributed by atoms with Crippen molar-refractivity contribution in [1.82, 2.24) is 9.78 Å². The first-order chi connectivity index (χ1) is 9.63. The lowest BCUT2D eigenvalue weighted by molar-refractivity contribution is 0.599. The zero-order chi connectivity index (χ0) is 15.9. The molecule has 0 saturated carbocycles. The maximum atomic E-state index is 13.3. The molecule has 0 bridgehead atoms. The molecule has 0 amide bonds. The van der Waals surface area contributed by atoms with Crippen LogP contribution >= 0.6 is 15.9 Å². The summed E-state index contributed by atoms with van der Waals surface area (Å²) in [6.45, 7) is 3.44. The summed E-state index contributed by atoms with van der Waals surface area (Å²) in [7, 11) is -2.20. The van der Waals surface area contributed by atoms with E-state index < -0.39 is 15.8 Å². The summed E-state index contributed by atoms with van der Waals surface area (Å²) in [6.07, 6.45) is 0. The maximum absolute atomic E-state index is 13.3.